The summed E-state index contributed by atoms with van der Waals surface area (Å²) in [6.07, 6.45) is 0. The molecule has 0 aliphatic carbocycles. The maximum absolute atomic E-state index is 12.2. The topological polar surface area (TPSA) is 68.2 Å². The highest BCUT2D eigenvalue weighted by atomic mass is 35.5. The molecule has 1 aliphatic rings. The van der Waals surface area contributed by atoms with Gasteiger partial charge in [0.15, 0.2) is 0 Å². The number of halogens is 1. The van der Waals surface area contributed by atoms with Crippen LogP contribution in [-0.2, 0) is 18.4 Å². The Kier molecular flexibility index (Phi) is 4.17. The Morgan fingerprint density at radius 2 is 2.21 bits per heavy atom. The summed E-state index contributed by atoms with van der Waals surface area (Å²) < 4.78 is 7.50. The Hall–Kier alpha value is -2.21. The monoisotopic (exact) mass is 348 g/mol. The number of amides is 1. The van der Waals surface area contributed by atoms with Gasteiger partial charge in [0.25, 0.3) is 0 Å². The van der Waals surface area contributed by atoms with E-state index in [1.54, 1.807) is 4.68 Å². The van der Waals surface area contributed by atoms with Gasteiger partial charge in [-0.25, -0.2) is 0 Å². The van der Waals surface area contributed by atoms with Crippen LogP contribution in [0.15, 0.2) is 18.2 Å². The molecule has 1 aromatic carbocycles. The average molecular weight is 349 g/mol. The van der Waals surface area contributed by atoms with Gasteiger partial charge in [-0.1, -0.05) is 11.6 Å². The van der Waals surface area contributed by atoms with Crippen molar-refractivity contribution in [3.8, 4) is 5.75 Å². The molecule has 2 N–H and O–H groups in total. The van der Waals surface area contributed by atoms with E-state index in [0.29, 0.717) is 29.6 Å². The molecule has 6 nitrogen and oxygen atoms in total. The summed E-state index contributed by atoms with van der Waals surface area (Å²) in [5, 5.41) is 11.3. The smallest absolute Gasteiger partial charge is 0.233 e. The molecule has 24 heavy (non-hydrogen) atoms. The van der Waals surface area contributed by atoms with E-state index in [1.165, 1.54) is 0 Å². The predicted octanol–water partition coefficient (Wildman–Crippen LogP) is 3.35. The van der Waals surface area contributed by atoms with Crippen LogP contribution in [0.2, 0.25) is 5.02 Å². The maximum atomic E-state index is 12.2. The molecule has 0 saturated carbocycles. The molecule has 0 radical (unpaired) electrons. The normalized spacial score (nSPS) is 16.0. The number of carbonyl (C=O) groups is 1. The standard InChI is InChI=1S/C17H21ClN4O2/c1-10-15(18)13(21-22(10)4)8-19-11-5-6-14-12(7-11)20-16(23)17(2,3)9-24-14/h5-7,19H,8-9H2,1-4H3,(H,20,23). The number of anilines is 2. The van der Waals surface area contributed by atoms with Crippen LogP contribution < -0.4 is 15.4 Å². The van der Waals surface area contributed by atoms with Gasteiger partial charge < -0.3 is 15.4 Å². The van der Waals surface area contributed by atoms with Gasteiger partial charge in [-0.15, -0.1) is 0 Å². The molecule has 128 valence electrons. The first-order chi connectivity index (χ1) is 11.3. The van der Waals surface area contributed by atoms with E-state index in [9.17, 15) is 4.79 Å². The molecule has 1 aromatic heterocycles. The van der Waals surface area contributed by atoms with Crippen molar-refractivity contribution in [2.75, 3.05) is 17.2 Å². The van der Waals surface area contributed by atoms with Gasteiger partial charge in [0, 0.05) is 12.7 Å². The third-order valence-corrected chi connectivity index (χ3v) is 4.71. The number of aromatic nitrogens is 2. The van der Waals surface area contributed by atoms with Crippen molar-refractivity contribution >= 4 is 28.9 Å². The summed E-state index contributed by atoms with van der Waals surface area (Å²) in [5.41, 5.74) is 2.67. The molecule has 1 aliphatic heterocycles. The summed E-state index contributed by atoms with van der Waals surface area (Å²) in [6, 6.07) is 5.62. The fourth-order valence-electron chi connectivity index (χ4n) is 2.43. The number of fused-ring (bicyclic) bond motifs is 1. The highest BCUT2D eigenvalue weighted by Crippen LogP contribution is 2.34. The molecule has 1 amide bonds. The van der Waals surface area contributed by atoms with E-state index in [0.717, 1.165) is 17.1 Å². The number of nitrogens with one attached hydrogen (secondary N) is 2. The number of nitrogens with zero attached hydrogens (tertiary/aromatic N) is 2. The number of carbonyl (C=O) groups excluding carboxylic acids is 1. The van der Waals surface area contributed by atoms with Gasteiger partial charge in [0.1, 0.15) is 18.1 Å². The van der Waals surface area contributed by atoms with E-state index in [-0.39, 0.29) is 5.91 Å². The Morgan fingerprint density at radius 1 is 1.46 bits per heavy atom. The van der Waals surface area contributed by atoms with E-state index in [1.807, 2.05) is 46.0 Å². The van der Waals surface area contributed by atoms with Crippen LogP contribution in [0.25, 0.3) is 0 Å². The molecule has 2 aromatic rings. The zero-order valence-corrected chi connectivity index (χ0v) is 15.0. The van der Waals surface area contributed by atoms with Crippen LogP contribution in [0, 0.1) is 12.3 Å². The zero-order valence-electron chi connectivity index (χ0n) is 14.2. The van der Waals surface area contributed by atoms with Crippen LogP contribution >= 0.6 is 11.6 Å². The second-order valence-electron chi connectivity index (χ2n) is 6.66. The minimum atomic E-state index is -0.564. The number of ether oxygens (including phenoxy) is 1. The minimum absolute atomic E-state index is 0.0539. The molecular weight excluding hydrogens is 328 g/mol. The largest absolute Gasteiger partial charge is 0.490 e. The van der Waals surface area contributed by atoms with Gasteiger partial charge >= 0.3 is 0 Å². The Morgan fingerprint density at radius 3 is 2.88 bits per heavy atom. The van der Waals surface area contributed by atoms with Gasteiger partial charge in [-0.3, -0.25) is 9.48 Å². The number of rotatable bonds is 3. The van der Waals surface area contributed by atoms with Crippen molar-refractivity contribution in [1.29, 1.82) is 0 Å². The lowest BCUT2D eigenvalue weighted by Crippen LogP contribution is -2.33. The molecule has 0 atom stereocenters. The van der Waals surface area contributed by atoms with E-state index in [2.05, 4.69) is 15.7 Å². The van der Waals surface area contributed by atoms with Crippen molar-refractivity contribution in [2.24, 2.45) is 12.5 Å². The van der Waals surface area contributed by atoms with Crippen molar-refractivity contribution in [3.05, 3.63) is 34.6 Å². The quantitative estimate of drug-likeness (QED) is 0.892. The predicted molar refractivity (Wildman–Crippen MR) is 94.6 cm³/mol. The summed E-state index contributed by atoms with van der Waals surface area (Å²) >= 11 is 6.27. The first-order valence-corrected chi connectivity index (χ1v) is 8.16. The first kappa shape index (κ1) is 16.6. The maximum Gasteiger partial charge on any atom is 0.233 e. The summed E-state index contributed by atoms with van der Waals surface area (Å²) in [5.74, 6) is 0.619. The molecule has 0 bridgehead atoms. The molecular formula is C17H21ClN4O2. The summed E-state index contributed by atoms with van der Waals surface area (Å²) in [7, 11) is 1.86. The van der Waals surface area contributed by atoms with Crippen LogP contribution in [0.1, 0.15) is 25.2 Å². The Bertz CT molecular complexity index is 798. The van der Waals surface area contributed by atoms with Crippen LogP contribution in [0.3, 0.4) is 0 Å². The van der Waals surface area contributed by atoms with Gasteiger partial charge in [0.2, 0.25) is 5.91 Å². The van der Waals surface area contributed by atoms with Gasteiger partial charge in [0.05, 0.1) is 28.4 Å². The van der Waals surface area contributed by atoms with Crippen molar-refractivity contribution in [2.45, 2.75) is 27.3 Å². The third kappa shape index (κ3) is 3.06. The van der Waals surface area contributed by atoms with Crippen molar-refractivity contribution < 1.29 is 9.53 Å². The highest BCUT2D eigenvalue weighted by molar-refractivity contribution is 6.31. The molecule has 0 fully saturated rings. The zero-order chi connectivity index (χ0) is 17.5. The number of benzene rings is 1. The van der Waals surface area contributed by atoms with Gasteiger partial charge in [-0.05, 0) is 39.0 Å². The fourth-order valence-corrected chi connectivity index (χ4v) is 2.66. The number of aryl methyl sites for hydroxylation is 1. The SMILES string of the molecule is Cc1c(Cl)c(CNc2ccc3c(c2)NC(=O)C(C)(C)CO3)nn1C. The van der Waals surface area contributed by atoms with Crippen molar-refractivity contribution in [1.82, 2.24) is 9.78 Å². The molecule has 7 heteroatoms. The molecule has 0 spiro atoms. The molecule has 3 rings (SSSR count). The second kappa shape index (κ2) is 6.02. The lowest BCUT2D eigenvalue weighted by atomic mass is 9.94. The summed E-state index contributed by atoms with van der Waals surface area (Å²) in [6.45, 7) is 6.49. The van der Waals surface area contributed by atoms with E-state index >= 15 is 0 Å². The van der Waals surface area contributed by atoms with E-state index < -0.39 is 5.41 Å². The van der Waals surface area contributed by atoms with Crippen LogP contribution in [-0.4, -0.2) is 22.3 Å². The minimum Gasteiger partial charge on any atom is -0.490 e. The molecule has 0 saturated heterocycles. The van der Waals surface area contributed by atoms with Crippen LogP contribution in [0.5, 0.6) is 5.75 Å². The van der Waals surface area contributed by atoms with Gasteiger partial charge in [-0.2, -0.15) is 5.10 Å². The van der Waals surface area contributed by atoms with E-state index in [4.69, 9.17) is 16.3 Å². The molecule has 0 unspecified atom stereocenters. The number of hydrogen-bond donors (Lipinski definition) is 2. The summed E-state index contributed by atoms with van der Waals surface area (Å²) in [4.78, 5) is 12.2. The Balaban J connectivity index is 1.77. The van der Waals surface area contributed by atoms with Crippen molar-refractivity contribution in [3.63, 3.8) is 0 Å². The van der Waals surface area contributed by atoms with Crippen LogP contribution in [0.4, 0.5) is 11.4 Å². The lowest BCUT2D eigenvalue weighted by molar-refractivity contribution is -0.124. The lowest BCUT2D eigenvalue weighted by Gasteiger charge is -2.18. The first-order valence-electron chi connectivity index (χ1n) is 7.78. The highest BCUT2D eigenvalue weighted by Gasteiger charge is 2.32. The average Bonchev–Trinajstić information content (AvgIpc) is 2.71. The fraction of sp³-hybridized carbons (Fsp3) is 0.412. The number of hydrogen-bond acceptors (Lipinski definition) is 4. The Labute approximate surface area is 146 Å². The second-order valence-corrected chi connectivity index (χ2v) is 7.04. The molecule has 2 heterocycles. The third-order valence-electron chi connectivity index (χ3n) is 4.22.